The van der Waals surface area contributed by atoms with Crippen molar-refractivity contribution < 1.29 is 0 Å². The van der Waals surface area contributed by atoms with E-state index < -0.39 is 0 Å². The summed E-state index contributed by atoms with van der Waals surface area (Å²) >= 11 is 0. The van der Waals surface area contributed by atoms with Crippen molar-refractivity contribution in [1.82, 2.24) is 4.90 Å². The van der Waals surface area contributed by atoms with E-state index in [0.717, 1.165) is 12.0 Å². The summed E-state index contributed by atoms with van der Waals surface area (Å²) < 4.78 is 0. The van der Waals surface area contributed by atoms with E-state index in [9.17, 15) is 0 Å². The summed E-state index contributed by atoms with van der Waals surface area (Å²) in [5, 5.41) is 0. The molecule has 1 nitrogen and oxygen atoms in total. The summed E-state index contributed by atoms with van der Waals surface area (Å²) in [6.07, 6.45) is 4.38. The van der Waals surface area contributed by atoms with Crippen LogP contribution in [0.2, 0.25) is 0 Å². The Labute approximate surface area is 58.0 Å². The van der Waals surface area contributed by atoms with Gasteiger partial charge in [-0.25, -0.2) is 0 Å². The van der Waals surface area contributed by atoms with Gasteiger partial charge in [0.2, 0.25) is 0 Å². The minimum Gasteiger partial charge on any atom is -0.306 e. The first-order chi connectivity index (χ1) is 4.22. The molecular weight excluding hydrogens is 110 g/mol. The third-order valence-electron chi connectivity index (χ3n) is 2.65. The molecule has 1 heteroatoms. The van der Waals surface area contributed by atoms with Crippen molar-refractivity contribution >= 4 is 0 Å². The van der Waals surface area contributed by atoms with Crippen molar-refractivity contribution in [3.05, 3.63) is 0 Å². The van der Waals surface area contributed by atoms with Crippen molar-refractivity contribution in [3.63, 3.8) is 0 Å². The Bertz CT molecular complexity index is 84.6. The van der Waals surface area contributed by atoms with Crippen LogP contribution in [-0.2, 0) is 0 Å². The molecule has 9 heavy (non-hydrogen) atoms. The van der Waals surface area contributed by atoms with Crippen molar-refractivity contribution in [2.75, 3.05) is 14.1 Å². The van der Waals surface area contributed by atoms with E-state index in [2.05, 4.69) is 25.9 Å². The summed E-state index contributed by atoms with van der Waals surface area (Å²) in [7, 11) is 4.34. The summed E-state index contributed by atoms with van der Waals surface area (Å²) in [6.45, 7) is 2.32. The van der Waals surface area contributed by atoms with E-state index in [-0.39, 0.29) is 0 Å². The van der Waals surface area contributed by atoms with Gasteiger partial charge in [-0.05, 0) is 39.8 Å². The summed E-state index contributed by atoms with van der Waals surface area (Å²) in [5.41, 5.74) is 0. The predicted molar refractivity (Wildman–Crippen MR) is 40.5 cm³/mol. The lowest BCUT2D eigenvalue weighted by Crippen LogP contribution is -2.35. The van der Waals surface area contributed by atoms with Gasteiger partial charge in [-0.15, -0.1) is 0 Å². The van der Waals surface area contributed by atoms with Gasteiger partial charge in [0, 0.05) is 6.04 Å². The Morgan fingerprint density at radius 2 is 1.89 bits per heavy atom. The van der Waals surface area contributed by atoms with Gasteiger partial charge in [0.1, 0.15) is 0 Å². The lowest BCUT2D eigenvalue weighted by atomic mass is 9.80. The van der Waals surface area contributed by atoms with Gasteiger partial charge in [0.15, 0.2) is 0 Å². The Morgan fingerprint density at radius 1 is 1.33 bits per heavy atom. The minimum absolute atomic E-state index is 0.804. The third kappa shape index (κ3) is 1.45. The van der Waals surface area contributed by atoms with Gasteiger partial charge in [-0.3, -0.25) is 0 Å². The molecule has 1 aliphatic carbocycles. The normalized spacial score (nSPS) is 24.0. The molecule has 0 bridgehead atoms. The zero-order valence-electron chi connectivity index (χ0n) is 6.72. The smallest absolute Gasteiger partial charge is 0.00891 e. The molecule has 0 amide bonds. The first-order valence-corrected chi connectivity index (χ1v) is 3.88. The van der Waals surface area contributed by atoms with Crippen LogP contribution in [0.5, 0.6) is 0 Å². The van der Waals surface area contributed by atoms with Gasteiger partial charge < -0.3 is 4.90 Å². The molecule has 54 valence electrons. The molecule has 0 N–H and O–H groups in total. The van der Waals surface area contributed by atoms with Crippen LogP contribution in [-0.4, -0.2) is 25.0 Å². The fourth-order valence-corrected chi connectivity index (χ4v) is 1.34. The Balaban J connectivity index is 2.23. The molecule has 1 rings (SSSR count). The number of hydrogen-bond donors (Lipinski definition) is 0. The Hall–Kier alpha value is -0.0400. The molecule has 0 heterocycles. The van der Waals surface area contributed by atoms with E-state index in [1.54, 1.807) is 0 Å². The lowest BCUT2D eigenvalue weighted by Gasteiger charge is -2.35. The SMILES string of the molecule is CC(C1CCC1)N(C)C. The number of hydrogen-bond acceptors (Lipinski definition) is 1. The van der Waals surface area contributed by atoms with E-state index in [4.69, 9.17) is 0 Å². The van der Waals surface area contributed by atoms with Gasteiger partial charge in [0.05, 0.1) is 0 Å². The molecule has 1 fully saturated rings. The van der Waals surface area contributed by atoms with Gasteiger partial charge in [0.25, 0.3) is 0 Å². The number of nitrogens with zero attached hydrogens (tertiary/aromatic N) is 1. The highest BCUT2D eigenvalue weighted by atomic mass is 15.1. The Kier molecular flexibility index (Phi) is 2.12. The fraction of sp³-hybridized carbons (Fsp3) is 1.00. The van der Waals surface area contributed by atoms with Crippen molar-refractivity contribution in [2.45, 2.75) is 32.2 Å². The van der Waals surface area contributed by atoms with Crippen LogP contribution in [0.1, 0.15) is 26.2 Å². The van der Waals surface area contributed by atoms with Gasteiger partial charge in [-0.2, -0.15) is 0 Å². The monoisotopic (exact) mass is 127 g/mol. The third-order valence-corrected chi connectivity index (χ3v) is 2.65. The minimum atomic E-state index is 0.804. The van der Waals surface area contributed by atoms with Crippen molar-refractivity contribution in [2.24, 2.45) is 5.92 Å². The second-order valence-electron chi connectivity index (χ2n) is 3.40. The maximum absolute atomic E-state index is 2.32. The molecule has 0 radical (unpaired) electrons. The zero-order valence-corrected chi connectivity index (χ0v) is 6.72. The maximum atomic E-state index is 2.32. The topological polar surface area (TPSA) is 3.24 Å². The second-order valence-corrected chi connectivity index (χ2v) is 3.40. The van der Waals surface area contributed by atoms with E-state index in [0.29, 0.717) is 0 Å². The number of rotatable bonds is 2. The fourth-order valence-electron chi connectivity index (χ4n) is 1.34. The van der Waals surface area contributed by atoms with Crippen LogP contribution in [0.25, 0.3) is 0 Å². The molecule has 0 aromatic heterocycles. The second kappa shape index (κ2) is 2.70. The van der Waals surface area contributed by atoms with Crippen LogP contribution in [0.3, 0.4) is 0 Å². The van der Waals surface area contributed by atoms with Gasteiger partial charge in [-0.1, -0.05) is 6.42 Å². The van der Waals surface area contributed by atoms with Crippen molar-refractivity contribution in [3.8, 4) is 0 Å². The van der Waals surface area contributed by atoms with E-state index in [1.165, 1.54) is 19.3 Å². The molecule has 1 unspecified atom stereocenters. The molecule has 0 aromatic rings. The summed E-state index contributed by atoms with van der Waals surface area (Å²) in [4.78, 5) is 2.32. The summed E-state index contributed by atoms with van der Waals surface area (Å²) in [5.74, 6) is 1.000. The average molecular weight is 127 g/mol. The maximum Gasteiger partial charge on any atom is 0.00891 e. The average Bonchev–Trinajstić information content (AvgIpc) is 1.60. The molecule has 1 aliphatic rings. The quantitative estimate of drug-likeness (QED) is 0.546. The van der Waals surface area contributed by atoms with Crippen molar-refractivity contribution in [1.29, 1.82) is 0 Å². The van der Waals surface area contributed by atoms with Gasteiger partial charge >= 0.3 is 0 Å². The first-order valence-electron chi connectivity index (χ1n) is 3.88. The van der Waals surface area contributed by atoms with E-state index in [1.807, 2.05) is 0 Å². The van der Waals surface area contributed by atoms with Crippen LogP contribution in [0.15, 0.2) is 0 Å². The zero-order chi connectivity index (χ0) is 6.85. The molecule has 0 spiro atoms. The Morgan fingerprint density at radius 3 is 2.00 bits per heavy atom. The highest BCUT2D eigenvalue weighted by Gasteiger charge is 2.24. The lowest BCUT2D eigenvalue weighted by molar-refractivity contribution is 0.155. The molecule has 0 aliphatic heterocycles. The molecule has 1 saturated carbocycles. The molecular formula is C8H17N. The molecule has 0 aromatic carbocycles. The highest BCUT2D eigenvalue weighted by molar-refractivity contribution is 4.78. The van der Waals surface area contributed by atoms with Crippen LogP contribution < -0.4 is 0 Å². The molecule has 1 atom stereocenters. The van der Waals surface area contributed by atoms with Crippen LogP contribution in [0, 0.1) is 5.92 Å². The summed E-state index contributed by atoms with van der Waals surface area (Å²) in [6, 6.07) is 0.804. The highest BCUT2D eigenvalue weighted by Crippen LogP contribution is 2.30. The first kappa shape index (κ1) is 7.07. The van der Waals surface area contributed by atoms with Crippen LogP contribution in [0.4, 0.5) is 0 Å². The standard InChI is InChI=1S/C8H17N/c1-7(9(2)3)8-5-4-6-8/h7-8H,4-6H2,1-3H3. The molecule has 0 saturated heterocycles. The predicted octanol–water partition coefficient (Wildman–Crippen LogP) is 1.74. The van der Waals surface area contributed by atoms with E-state index >= 15 is 0 Å². The van der Waals surface area contributed by atoms with Crippen LogP contribution >= 0.6 is 0 Å². The largest absolute Gasteiger partial charge is 0.306 e.